The molecule has 1 saturated heterocycles. The minimum Gasteiger partial charge on any atom is -0.356 e. The number of carbonyl (C=O) groups is 1. The number of carbonyl (C=O) groups excluding carboxylic acids is 1. The van der Waals surface area contributed by atoms with Crippen molar-refractivity contribution in [2.75, 3.05) is 26.2 Å². The Morgan fingerprint density at radius 3 is 2.61 bits per heavy atom. The first-order chi connectivity index (χ1) is 10.9. The van der Waals surface area contributed by atoms with Crippen LogP contribution in [0.3, 0.4) is 0 Å². The Morgan fingerprint density at radius 1 is 1.22 bits per heavy atom. The second kappa shape index (κ2) is 8.49. The third-order valence-electron chi connectivity index (χ3n) is 4.77. The van der Waals surface area contributed by atoms with Gasteiger partial charge in [0.1, 0.15) is 0 Å². The lowest BCUT2D eigenvalue weighted by Crippen LogP contribution is -2.40. The van der Waals surface area contributed by atoms with Crippen LogP contribution in [0.15, 0.2) is 18.2 Å². The van der Waals surface area contributed by atoms with E-state index in [4.69, 9.17) is 0 Å². The first-order valence-electron chi connectivity index (χ1n) is 8.99. The Balaban J connectivity index is 1.68. The van der Waals surface area contributed by atoms with E-state index in [-0.39, 0.29) is 5.91 Å². The smallest absolute Gasteiger partial charge is 0.224 e. The molecule has 0 spiro atoms. The van der Waals surface area contributed by atoms with Crippen molar-refractivity contribution in [3.05, 3.63) is 34.9 Å². The van der Waals surface area contributed by atoms with Crippen molar-refractivity contribution in [3.8, 4) is 0 Å². The fourth-order valence-electron chi connectivity index (χ4n) is 3.73. The fraction of sp³-hybridized carbons (Fsp3) is 0.650. The summed E-state index contributed by atoms with van der Waals surface area (Å²) in [7, 11) is 0. The number of hydrogen-bond donors (Lipinski definition) is 1. The summed E-state index contributed by atoms with van der Waals surface area (Å²) in [6.45, 7) is 13.1. The Kier molecular flexibility index (Phi) is 6.64. The molecule has 2 rings (SSSR count). The fourth-order valence-corrected chi connectivity index (χ4v) is 3.73. The minimum atomic E-state index is 0.138. The highest BCUT2D eigenvalue weighted by Gasteiger charge is 2.21. The van der Waals surface area contributed by atoms with Crippen LogP contribution in [0.1, 0.15) is 43.4 Å². The summed E-state index contributed by atoms with van der Waals surface area (Å²) in [5.41, 5.74) is 3.55. The molecule has 0 saturated carbocycles. The van der Waals surface area contributed by atoms with Gasteiger partial charge in [0, 0.05) is 19.6 Å². The van der Waals surface area contributed by atoms with Crippen LogP contribution in [0.5, 0.6) is 0 Å². The second-order valence-corrected chi connectivity index (χ2v) is 7.52. The lowest BCUT2D eigenvalue weighted by atomic mass is 9.92. The number of hydrogen-bond acceptors (Lipinski definition) is 2. The van der Waals surface area contributed by atoms with E-state index in [0.29, 0.717) is 6.42 Å². The molecule has 2 unspecified atom stereocenters. The van der Waals surface area contributed by atoms with Gasteiger partial charge in [0.2, 0.25) is 5.91 Å². The maximum atomic E-state index is 12.1. The molecule has 23 heavy (non-hydrogen) atoms. The summed E-state index contributed by atoms with van der Waals surface area (Å²) in [6, 6.07) is 6.30. The van der Waals surface area contributed by atoms with Crippen molar-refractivity contribution in [2.45, 2.75) is 47.0 Å². The van der Waals surface area contributed by atoms with E-state index in [1.165, 1.54) is 30.6 Å². The summed E-state index contributed by atoms with van der Waals surface area (Å²) >= 11 is 0. The predicted octanol–water partition coefficient (Wildman–Crippen LogP) is 3.33. The molecule has 3 heteroatoms. The molecule has 1 heterocycles. The monoisotopic (exact) mass is 316 g/mol. The summed E-state index contributed by atoms with van der Waals surface area (Å²) in [5, 5.41) is 3.07. The number of nitrogens with one attached hydrogen (secondary N) is 1. The first kappa shape index (κ1) is 18.0. The Morgan fingerprint density at radius 2 is 1.91 bits per heavy atom. The van der Waals surface area contributed by atoms with Crippen LogP contribution < -0.4 is 5.32 Å². The maximum Gasteiger partial charge on any atom is 0.224 e. The molecule has 0 radical (unpaired) electrons. The van der Waals surface area contributed by atoms with Gasteiger partial charge in [-0.05, 0) is 56.2 Å². The normalized spacial score (nSPS) is 22.1. The van der Waals surface area contributed by atoms with Crippen LogP contribution in [0.25, 0.3) is 0 Å². The van der Waals surface area contributed by atoms with Crippen molar-refractivity contribution in [3.63, 3.8) is 0 Å². The standard InChI is InChI=1S/C20H32N2O/c1-15-6-7-18(4)19(11-15)12-20(23)21-8-5-9-22-13-16(2)10-17(3)14-22/h6-7,11,16-17H,5,8-10,12-14H2,1-4H3,(H,21,23). The van der Waals surface area contributed by atoms with E-state index in [1.807, 2.05) is 0 Å². The molecule has 1 aliphatic heterocycles. The molecule has 0 aliphatic carbocycles. The number of aryl methyl sites for hydroxylation is 2. The van der Waals surface area contributed by atoms with Gasteiger partial charge >= 0.3 is 0 Å². The molecule has 128 valence electrons. The second-order valence-electron chi connectivity index (χ2n) is 7.52. The largest absolute Gasteiger partial charge is 0.356 e. The van der Waals surface area contributed by atoms with Gasteiger partial charge in [-0.25, -0.2) is 0 Å². The number of likely N-dealkylation sites (tertiary alicyclic amines) is 1. The SMILES string of the molecule is Cc1ccc(C)c(CC(=O)NCCCN2CC(C)CC(C)C2)c1. The number of piperidine rings is 1. The highest BCUT2D eigenvalue weighted by molar-refractivity contribution is 5.78. The molecule has 1 aliphatic rings. The van der Waals surface area contributed by atoms with E-state index in [9.17, 15) is 4.79 Å². The highest BCUT2D eigenvalue weighted by Crippen LogP contribution is 2.20. The zero-order chi connectivity index (χ0) is 16.8. The van der Waals surface area contributed by atoms with E-state index in [0.717, 1.165) is 36.9 Å². The molecule has 1 amide bonds. The summed E-state index contributed by atoms with van der Waals surface area (Å²) in [4.78, 5) is 14.7. The van der Waals surface area contributed by atoms with Crippen molar-refractivity contribution < 1.29 is 4.79 Å². The van der Waals surface area contributed by atoms with E-state index < -0.39 is 0 Å². The molecule has 1 aromatic carbocycles. The molecule has 1 N–H and O–H groups in total. The zero-order valence-electron chi connectivity index (χ0n) is 15.2. The third kappa shape index (κ3) is 5.98. The van der Waals surface area contributed by atoms with Crippen LogP contribution in [-0.4, -0.2) is 37.0 Å². The molecule has 0 bridgehead atoms. The zero-order valence-corrected chi connectivity index (χ0v) is 15.2. The van der Waals surface area contributed by atoms with Gasteiger partial charge < -0.3 is 10.2 Å². The number of nitrogens with zero attached hydrogens (tertiary/aromatic N) is 1. The van der Waals surface area contributed by atoms with Crippen LogP contribution in [0.2, 0.25) is 0 Å². The summed E-state index contributed by atoms with van der Waals surface area (Å²) < 4.78 is 0. The van der Waals surface area contributed by atoms with Crippen LogP contribution >= 0.6 is 0 Å². The van der Waals surface area contributed by atoms with Crippen molar-refractivity contribution in [2.24, 2.45) is 11.8 Å². The van der Waals surface area contributed by atoms with Crippen molar-refractivity contribution >= 4 is 5.91 Å². The minimum absolute atomic E-state index is 0.138. The van der Waals surface area contributed by atoms with Crippen LogP contribution in [-0.2, 0) is 11.2 Å². The quantitative estimate of drug-likeness (QED) is 0.817. The first-order valence-corrected chi connectivity index (χ1v) is 8.99. The highest BCUT2D eigenvalue weighted by atomic mass is 16.1. The van der Waals surface area contributed by atoms with Gasteiger partial charge in [-0.15, -0.1) is 0 Å². The Labute approximate surface area is 141 Å². The molecule has 3 nitrogen and oxygen atoms in total. The van der Waals surface area contributed by atoms with Gasteiger partial charge in [0.05, 0.1) is 6.42 Å². The maximum absolute atomic E-state index is 12.1. The van der Waals surface area contributed by atoms with Gasteiger partial charge in [-0.1, -0.05) is 37.6 Å². The van der Waals surface area contributed by atoms with E-state index >= 15 is 0 Å². The van der Waals surface area contributed by atoms with Gasteiger partial charge in [-0.2, -0.15) is 0 Å². The van der Waals surface area contributed by atoms with Gasteiger partial charge in [0.15, 0.2) is 0 Å². The van der Waals surface area contributed by atoms with E-state index in [2.05, 4.69) is 56.1 Å². The molecule has 0 aromatic heterocycles. The molecule has 2 atom stereocenters. The molecular weight excluding hydrogens is 284 g/mol. The number of amides is 1. The summed E-state index contributed by atoms with van der Waals surface area (Å²) in [6.07, 6.45) is 2.88. The van der Waals surface area contributed by atoms with Crippen molar-refractivity contribution in [1.29, 1.82) is 0 Å². The number of rotatable bonds is 6. The average molecular weight is 316 g/mol. The lowest BCUT2D eigenvalue weighted by molar-refractivity contribution is -0.120. The van der Waals surface area contributed by atoms with Crippen LogP contribution in [0.4, 0.5) is 0 Å². The molecule has 1 aromatic rings. The topological polar surface area (TPSA) is 32.3 Å². The lowest BCUT2D eigenvalue weighted by Gasteiger charge is -2.34. The summed E-state index contributed by atoms with van der Waals surface area (Å²) in [5.74, 6) is 1.74. The average Bonchev–Trinajstić information content (AvgIpc) is 2.46. The molecule has 1 fully saturated rings. The van der Waals surface area contributed by atoms with E-state index in [1.54, 1.807) is 0 Å². The van der Waals surface area contributed by atoms with Crippen molar-refractivity contribution in [1.82, 2.24) is 10.2 Å². The Bertz CT molecular complexity index is 516. The predicted molar refractivity (Wildman–Crippen MR) is 96.6 cm³/mol. The van der Waals surface area contributed by atoms with Gasteiger partial charge in [-0.3, -0.25) is 4.79 Å². The van der Waals surface area contributed by atoms with Gasteiger partial charge in [0.25, 0.3) is 0 Å². The third-order valence-corrected chi connectivity index (χ3v) is 4.77. The number of benzene rings is 1. The molecular formula is C20H32N2O. The Hall–Kier alpha value is -1.35. The van der Waals surface area contributed by atoms with Crippen LogP contribution in [0, 0.1) is 25.7 Å².